The average molecular weight is 606 g/mol. The number of hydrogen-bond donors (Lipinski definition) is 3. The van der Waals surface area contributed by atoms with Gasteiger partial charge in [0.25, 0.3) is 0 Å². The van der Waals surface area contributed by atoms with E-state index >= 15 is 0 Å². The van der Waals surface area contributed by atoms with E-state index < -0.39 is 11.5 Å². The predicted molar refractivity (Wildman–Crippen MR) is 147 cm³/mol. The van der Waals surface area contributed by atoms with Crippen LogP contribution in [-0.4, -0.2) is 74.8 Å². The number of aliphatic hydroxyl groups is 1. The average Bonchev–Trinajstić information content (AvgIpc) is 3.34. The molecule has 2 aliphatic rings. The third kappa shape index (κ3) is 5.93. The van der Waals surface area contributed by atoms with E-state index in [4.69, 9.17) is 19.9 Å². The molecule has 1 saturated heterocycles. The maximum absolute atomic E-state index is 11.2. The largest absolute Gasteiger partial charge is 0.486 e. The molecule has 204 valence electrons. The summed E-state index contributed by atoms with van der Waals surface area (Å²) in [7, 11) is 0. The quantitative estimate of drug-likeness (QED) is 0.316. The molecule has 1 atom stereocenters. The number of piperidine rings is 1. The lowest BCUT2D eigenvalue weighted by molar-refractivity contribution is -0.121. The van der Waals surface area contributed by atoms with Gasteiger partial charge in [-0.2, -0.15) is 0 Å². The molecule has 1 fully saturated rings. The number of fused-ring (bicyclic) bond motifs is 2. The van der Waals surface area contributed by atoms with Crippen molar-refractivity contribution in [1.82, 2.24) is 24.4 Å². The Hall–Kier alpha value is -2.41. The Morgan fingerprint density at radius 2 is 2.00 bits per heavy atom. The Bertz CT molecular complexity index is 1370. The second kappa shape index (κ2) is 11.4. The van der Waals surface area contributed by atoms with Gasteiger partial charge >= 0.3 is 0 Å². The normalized spacial score (nSPS) is 17.6. The maximum atomic E-state index is 11.2. The van der Waals surface area contributed by atoms with Gasteiger partial charge in [0.2, 0.25) is 0 Å². The maximum Gasteiger partial charge on any atom is 0.173 e. The number of aromatic amines is 1. The molecule has 0 saturated carbocycles. The molecule has 2 aromatic heterocycles. The number of carbonyl (C=O) groups is 1. The predicted octanol–water partition coefficient (Wildman–Crippen LogP) is 3.61. The van der Waals surface area contributed by atoms with Gasteiger partial charge in [-0.1, -0.05) is 25.6 Å². The number of halogens is 1. The van der Waals surface area contributed by atoms with Gasteiger partial charge in [0.05, 0.1) is 12.4 Å². The number of likely N-dealkylation sites (tertiary alicyclic amines) is 1. The third-order valence-corrected chi connectivity index (χ3v) is 9.24. The van der Waals surface area contributed by atoms with Crippen LogP contribution in [0.25, 0.3) is 11.2 Å². The van der Waals surface area contributed by atoms with E-state index in [2.05, 4.69) is 30.8 Å². The minimum absolute atomic E-state index is 0.168. The van der Waals surface area contributed by atoms with Crippen molar-refractivity contribution < 1.29 is 19.4 Å². The molecule has 0 amide bonds. The smallest absolute Gasteiger partial charge is 0.173 e. The molecule has 1 aromatic carbocycles. The summed E-state index contributed by atoms with van der Waals surface area (Å²) in [5.74, 6) is 1.99. The first-order valence-corrected chi connectivity index (χ1v) is 14.5. The number of ether oxygens (including phenoxy) is 2. The second-order valence-electron chi connectivity index (χ2n) is 10.5. The summed E-state index contributed by atoms with van der Waals surface area (Å²) >= 11 is 5.08. The molecule has 38 heavy (non-hydrogen) atoms. The lowest BCUT2D eigenvalue weighted by Crippen LogP contribution is -2.44. The van der Waals surface area contributed by atoms with Crippen molar-refractivity contribution in [3.63, 3.8) is 0 Å². The molecule has 0 spiro atoms. The van der Waals surface area contributed by atoms with Crippen LogP contribution in [0.15, 0.2) is 33.0 Å². The fraction of sp³-hybridized carbons (Fsp3) is 0.538. The first-order valence-electron chi connectivity index (χ1n) is 12.9. The Morgan fingerprint density at radius 1 is 1.29 bits per heavy atom. The summed E-state index contributed by atoms with van der Waals surface area (Å²) in [5, 5.41) is 19.4. The van der Waals surface area contributed by atoms with E-state index in [9.17, 15) is 9.90 Å². The number of aldehydes is 1. The van der Waals surface area contributed by atoms with Crippen LogP contribution in [0.1, 0.15) is 33.1 Å². The van der Waals surface area contributed by atoms with Crippen LogP contribution in [0.4, 0.5) is 0 Å². The summed E-state index contributed by atoms with van der Waals surface area (Å²) in [5.41, 5.74) is 0.777. The van der Waals surface area contributed by atoms with Crippen molar-refractivity contribution in [2.75, 3.05) is 32.8 Å². The van der Waals surface area contributed by atoms with Crippen LogP contribution in [0, 0.1) is 16.7 Å². The van der Waals surface area contributed by atoms with Gasteiger partial charge in [0.15, 0.2) is 27.8 Å². The fourth-order valence-corrected chi connectivity index (χ4v) is 6.12. The fourth-order valence-electron chi connectivity index (χ4n) is 4.74. The van der Waals surface area contributed by atoms with Crippen molar-refractivity contribution in [2.45, 2.75) is 55.8 Å². The van der Waals surface area contributed by atoms with E-state index in [0.717, 1.165) is 65.9 Å². The van der Waals surface area contributed by atoms with Crippen LogP contribution in [0.3, 0.4) is 0 Å². The van der Waals surface area contributed by atoms with Crippen LogP contribution in [-0.2, 0) is 11.3 Å². The molecule has 3 N–H and O–H groups in total. The highest BCUT2D eigenvalue weighted by molar-refractivity contribution is 9.10. The van der Waals surface area contributed by atoms with E-state index in [0.29, 0.717) is 42.1 Å². The first kappa shape index (κ1) is 27.2. The summed E-state index contributed by atoms with van der Waals surface area (Å²) in [6.45, 7) is 7.73. The zero-order chi connectivity index (χ0) is 26.9. The molecular weight excluding hydrogens is 572 g/mol. The summed E-state index contributed by atoms with van der Waals surface area (Å²) in [6.07, 6.45) is 4.95. The van der Waals surface area contributed by atoms with Gasteiger partial charge in [-0.3, -0.25) is 5.41 Å². The molecule has 4 heterocycles. The molecular formula is C26H33BrN6O4S. The number of aromatic nitrogens is 4. The number of aliphatic hydroxyl groups excluding tert-OH is 1. The summed E-state index contributed by atoms with van der Waals surface area (Å²) < 4.78 is 14.3. The molecule has 1 unspecified atom stereocenters. The van der Waals surface area contributed by atoms with Crippen LogP contribution >= 0.6 is 27.7 Å². The molecule has 0 radical (unpaired) electrons. The van der Waals surface area contributed by atoms with Gasteiger partial charge < -0.3 is 33.8 Å². The topological polar surface area (TPSA) is 129 Å². The van der Waals surface area contributed by atoms with Gasteiger partial charge in [-0.05, 0) is 66.3 Å². The van der Waals surface area contributed by atoms with Crippen LogP contribution in [0.2, 0.25) is 0 Å². The Kier molecular flexibility index (Phi) is 8.13. The van der Waals surface area contributed by atoms with Crippen molar-refractivity contribution >= 4 is 45.1 Å². The molecule has 5 rings (SSSR count). The molecule has 10 nitrogen and oxygen atoms in total. The van der Waals surface area contributed by atoms with Gasteiger partial charge in [-0.15, -0.1) is 0 Å². The van der Waals surface area contributed by atoms with Crippen LogP contribution < -0.4 is 15.0 Å². The SMILES string of the molecule is CC(C)(C=O)C(O)CN1CCC(CCn2cnc(=N)c3[nH]c(Sc4cc5c(cc4Br)OCCO5)nc32)CC1. The minimum atomic E-state index is -0.727. The third-order valence-electron chi connectivity index (χ3n) is 7.38. The van der Waals surface area contributed by atoms with Crippen LogP contribution in [0.5, 0.6) is 11.5 Å². The van der Waals surface area contributed by atoms with Crippen molar-refractivity contribution in [2.24, 2.45) is 11.3 Å². The number of imidazole rings is 1. The number of benzene rings is 1. The van der Waals surface area contributed by atoms with Crippen molar-refractivity contribution in [3.8, 4) is 11.5 Å². The Morgan fingerprint density at radius 3 is 2.71 bits per heavy atom. The number of nitrogens with one attached hydrogen (secondary N) is 2. The highest BCUT2D eigenvalue weighted by Crippen LogP contribution is 2.41. The lowest BCUT2D eigenvalue weighted by Gasteiger charge is -2.35. The first-order chi connectivity index (χ1) is 18.2. The van der Waals surface area contributed by atoms with Gasteiger partial charge in [0, 0.05) is 27.9 Å². The highest BCUT2D eigenvalue weighted by Gasteiger charge is 2.30. The van der Waals surface area contributed by atoms with E-state index in [1.54, 1.807) is 20.2 Å². The monoisotopic (exact) mass is 604 g/mol. The zero-order valence-electron chi connectivity index (χ0n) is 21.6. The summed E-state index contributed by atoms with van der Waals surface area (Å²) in [6, 6.07) is 3.85. The second-order valence-corrected chi connectivity index (χ2v) is 12.4. The van der Waals surface area contributed by atoms with Gasteiger partial charge in [-0.25, -0.2) is 9.97 Å². The molecule has 0 bridgehead atoms. The molecule has 2 aliphatic heterocycles. The molecule has 0 aliphatic carbocycles. The molecule has 3 aromatic rings. The van der Waals surface area contributed by atoms with Gasteiger partial charge in [0.1, 0.15) is 25.0 Å². The number of carbonyl (C=O) groups excluding carboxylic acids is 1. The van der Waals surface area contributed by atoms with E-state index in [1.807, 2.05) is 16.7 Å². The lowest BCUT2D eigenvalue weighted by atomic mass is 9.87. The number of H-pyrrole nitrogens is 1. The zero-order valence-corrected chi connectivity index (χ0v) is 24.0. The number of nitrogens with zero attached hydrogens (tertiary/aromatic N) is 4. The van der Waals surface area contributed by atoms with E-state index in [1.165, 1.54) is 11.8 Å². The summed E-state index contributed by atoms with van der Waals surface area (Å²) in [4.78, 5) is 26.8. The van der Waals surface area contributed by atoms with Crippen molar-refractivity contribution in [3.05, 3.63) is 28.4 Å². The van der Waals surface area contributed by atoms with Crippen molar-refractivity contribution in [1.29, 1.82) is 5.41 Å². The van der Waals surface area contributed by atoms with E-state index in [-0.39, 0.29) is 5.49 Å². The number of hydrogen-bond acceptors (Lipinski definition) is 9. The number of rotatable bonds is 9. The highest BCUT2D eigenvalue weighted by atomic mass is 79.9. The minimum Gasteiger partial charge on any atom is -0.486 e. The number of β-amino-alcohol motifs (C(OH)–C–C–N with tert-alkyl or cyclic N) is 1. The Labute approximate surface area is 233 Å². The Balaban J connectivity index is 1.23. The standard InChI is InChI=1S/C26H33BrN6O4S/c1-26(2,14-34)21(35)13-32-6-3-16(4-7-32)5-8-33-15-29-23(28)22-24(33)31-25(30-22)38-20-12-19-18(11-17(20)27)36-9-10-37-19/h11-12,14-16,21,28,35H,3-10,13H2,1-2H3,(H,30,31). The number of aryl methyl sites for hydroxylation is 1. The molecule has 12 heteroatoms.